The highest BCUT2D eigenvalue weighted by Gasteiger charge is 2.22. The number of anilines is 1. The quantitative estimate of drug-likeness (QED) is 0.921. The summed E-state index contributed by atoms with van der Waals surface area (Å²) < 4.78 is 0. The first-order valence-electron chi connectivity index (χ1n) is 7.23. The van der Waals surface area contributed by atoms with Gasteiger partial charge in [-0.05, 0) is 43.0 Å². The molecule has 0 fully saturated rings. The lowest BCUT2D eigenvalue weighted by atomic mass is 10.0. The Morgan fingerprint density at radius 3 is 2.80 bits per heavy atom. The zero-order valence-corrected chi connectivity index (χ0v) is 12.1. The number of aryl methyl sites for hydroxylation is 2. The summed E-state index contributed by atoms with van der Waals surface area (Å²) in [4.78, 5) is 2.29. The number of hydrogen-bond donors (Lipinski definition) is 1. The highest BCUT2D eigenvalue weighted by atomic mass is 16.3. The molecular formula is C18H21NO. The van der Waals surface area contributed by atoms with Crippen LogP contribution in [0.15, 0.2) is 42.5 Å². The molecule has 1 N–H and O–H groups in total. The molecule has 0 aromatic heterocycles. The maximum absolute atomic E-state index is 10.6. The van der Waals surface area contributed by atoms with Gasteiger partial charge in [-0.3, -0.25) is 0 Å². The second-order valence-electron chi connectivity index (χ2n) is 5.70. The SMILES string of the molecule is Cc1ccc(C)c(C(O)CN2CCc3ccccc32)c1. The highest BCUT2D eigenvalue weighted by Crippen LogP contribution is 2.30. The summed E-state index contributed by atoms with van der Waals surface area (Å²) in [5, 5.41) is 10.6. The number of hydrogen-bond acceptors (Lipinski definition) is 2. The topological polar surface area (TPSA) is 23.5 Å². The number of para-hydroxylation sites is 1. The molecule has 20 heavy (non-hydrogen) atoms. The molecule has 0 amide bonds. The van der Waals surface area contributed by atoms with Crippen molar-refractivity contribution < 1.29 is 5.11 Å². The van der Waals surface area contributed by atoms with Crippen molar-refractivity contribution in [3.8, 4) is 0 Å². The van der Waals surface area contributed by atoms with Crippen molar-refractivity contribution in [1.29, 1.82) is 0 Å². The number of fused-ring (bicyclic) bond motifs is 1. The summed E-state index contributed by atoms with van der Waals surface area (Å²) in [7, 11) is 0. The van der Waals surface area contributed by atoms with Crippen LogP contribution in [0.1, 0.15) is 28.4 Å². The fourth-order valence-electron chi connectivity index (χ4n) is 3.02. The van der Waals surface area contributed by atoms with Gasteiger partial charge in [0, 0.05) is 18.8 Å². The van der Waals surface area contributed by atoms with Crippen LogP contribution in [-0.4, -0.2) is 18.2 Å². The Morgan fingerprint density at radius 2 is 1.95 bits per heavy atom. The van der Waals surface area contributed by atoms with Gasteiger partial charge < -0.3 is 10.0 Å². The van der Waals surface area contributed by atoms with Crippen LogP contribution in [-0.2, 0) is 6.42 Å². The van der Waals surface area contributed by atoms with Gasteiger partial charge >= 0.3 is 0 Å². The molecule has 2 heteroatoms. The van der Waals surface area contributed by atoms with E-state index in [1.165, 1.54) is 16.8 Å². The molecule has 0 saturated heterocycles. The van der Waals surface area contributed by atoms with Crippen molar-refractivity contribution in [1.82, 2.24) is 0 Å². The summed E-state index contributed by atoms with van der Waals surface area (Å²) in [6.07, 6.45) is 0.649. The van der Waals surface area contributed by atoms with Crippen LogP contribution in [0.3, 0.4) is 0 Å². The standard InChI is InChI=1S/C18H21NO/c1-13-7-8-14(2)16(11-13)18(20)12-19-10-9-15-5-3-4-6-17(15)19/h3-8,11,18,20H,9-10,12H2,1-2H3. The molecule has 1 heterocycles. The van der Waals surface area contributed by atoms with Gasteiger partial charge in [0.2, 0.25) is 0 Å². The number of benzene rings is 2. The fourth-order valence-corrected chi connectivity index (χ4v) is 3.02. The first-order valence-corrected chi connectivity index (χ1v) is 7.23. The van der Waals surface area contributed by atoms with Gasteiger partial charge in [0.1, 0.15) is 0 Å². The predicted octanol–water partition coefficient (Wildman–Crippen LogP) is 3.40. The van der Waals surface area contributed by atoms with Crippen LogP contribution in [0.25, 0.3) is 0 Å². The summed E-state index contributed by atoms with van der Waals surface area (Å²) in [5.74, 6) is 0. The van der Waals surface area contributed by atoms with E-state index < -0.39 is 6.10 Å². The molecule has 1 atom stereocenters. The van der Waals surface area contributed by atoms with E-state index in [1.54, 1.807) is 0 Å². The Bertz CT molecular complexity index is 621. The zero-order chi connectivity index (χ0) is 14.1. The molecule has 0 radical (unpaired) electrons. The van der Waals surface area contributed by atoms with Crippen LogP contribution in [0.5, 0.6) is 0 Å². The van der Waals surface area contributed by atoms with Gasteiger partial charge in [-0.15, -0.1) is 0 Å². The van der Waals surface area contributed by atoms with Crippen LogP contribution in [0, 0.1) is 13.8 Å². The minimum atomic E-state index is -0.430. The third-order valence-corrected chi connectivity index (χ3v) is 4.17. The van der Waals surface area contributed by atoms with Crippen LogP contribution < -0.4 is 4.90 Å². The van der Waals surface area contributed by atoms with Gasteiger partial charge in [-0.2, -0.15) is 0 Å². The Kier molecular flexibility index (Phi) is 3.49. The molecule has 0 saturated carbocycles. The predicted molar refractivity (Wildman–Crippen MR) is 83.2 cm³/mol. The van der Waals surface area contributed by atoms with Crippen LogP contribution in [0.4, 0.5) is 5.69 Å². The average Bonchev–Trinajstić information content (AvgIpc) is 2.85. The monoisotopic (exact) mass is 267 g/mol. The second kappa shape index (κ2) is 5.29. The summed E-state index contributed by atoms with van der Waals surface area (Å²) >= 11 is 0. The zero-order valence-electron chi connectivity index (χ0n) is 12.1. The molecule has 2 aromatic carbocycles. The number of aliphatic hydroxyl groups excluding tert-OH is 1. The van der Waals surface area contributed by atoms with Crippen molar-refractivity contribution in [2.45, 2.75) is 26.4 Å². The van der Waals surface area contributed by atoms with Gasteiger partial charge in [-0.25, -0.2) is 0 Å². The Labute approximate surface area is 120 Å². The first-order chi connectivity index (χ1) is 9.65. The molecule has 1 aliphatic heterocycles. The normalized spacial score (nSPS) is 15.2. The van der Waals surface area contributed by atoms with Gasteiger partial charge in [0.05, 0.1) is 6.10 Å². The molecule has 3 rings (SSSR count). The van der Waals surface area contributed by atoms with E-state index in [4.69, 9.17) is 0 Å². The molecule has 104 valence electrons. The highest BCUT2D eigenvalue weighted by molar-refractivity contribution is 5.58. The molecule has 0 aliphatic carbocycles. The molecule has 1 unspecified atom stereocenters. The summed E-state index contributed by atoms with van der Waals surface area (Å²) in [5.41, 5.74) is 6.08. The number of rotatable bonds is 3. The largest absolute Gasteiger partial charge is 0.387 e. The van der Waals surface area contributed by atoms with E-state index in [-0.39, 0.29) is 0 Å². The third-order valence-electron chi connectivity index (χ3n) is 4.17. The maximum atomic E-state index is 10.6. The molecule has 0 bridgehead atoms. The Balaban J connectivity index is 1.80. The van der Waals surface area contributed by atoms with E-state index in [0.29, 0.717) is 6.54 Å². The average molecular weight is 267 g/mol. The lowest BCUT2D eigenvalue weighted by Gasteiger charge is -2.24. The summed E-state index contributed by atoms with van der Waals surface area (Å²) in [6, 6.07) is 14.8. The van der Waals surface area contributed by atoms with Crippen molar-refractivity contribution in [2.75, 3.05) is 18.0 Å². The van der Waals surface area contributed by atoms with Crippen LogP contribution >= 0.6 is 0 Å². The van der Waals surface area contributed by atoms with E-state index >= 15 is 0 Å². The van der Waals surface area contributed by atoms with Crippen molar-refractivity contribution in [3.05, 3.63) is 64.7 Å². The number of nitrogens with zero attached hydrogens (tertiary/aromatic N) is 1. The van der Waals surface area contributed by atoms with Gasteiger partial charge in [-0.1, -0.05) is 42.0 Å². The smallest absolute Gasteiger partial charge is 0.0967 e. The Morgan fingerprint density at radius 1 is 1.15 bits per heavy atom. The summed E-state index contributed by atoms with van der Waals surface area (Å²) in [6.45, 7) is 5.80. The van der Waals surface area contributed by atoms with E-state index in [2.05, 4.69) is 61.2 Å². The van der Waals surface area contributed by atoms with E-state index in [0.717, 1.165) is 24.1 Å². The molecule has 1 aliphatic rings. The molecule has 2 nitrogen and oxygen atoms in total. The lowest BCUT2D eigenvalue weighted by Crippen LogP contribution is -2.27. The molecule has 0 spiro atoms. The van der Waals surface area contributed by atoms with E-state index in [9.17, 15) is 5.11 Å². The van der Waals surface area contributed by atoms with E-state index in [1.807, 2.05) is 0 Å². The fraction of sp³-hybridized carbons (Fsp3) is 0.333. The first kappa shape index (κ1) is 13.2. The Hall–Kier alpha value is -1.80. The van der Waals surface area contributed by atoms with Gasteiger partial charge in [0.25, 0.3) is 0 Å². The van der Waals surface area contributed by atoms with Crippen LogP contribution in [0.2, 0.25) is 0 Å². The maximum Gasteiger partial charge on any atom is 0.0967 e. The minimum Gasteiger partial charge on any atom is -0.387 e. The second-order valence-corrected chi connectivity index (χ2v) is 5.70. The third kappa shape index (κ3) is 2.44. The number of aliphatic hydroxyl groups is 1. The number of β-amino-alcohol motifs (C(OH)–C–C–N with tert-alkyl or cyclic N) is 1. The molecular weight excluding hydrogens is 246 g/mol. The minimum absolute atomic E-state index is 0.430. The lowest BCUT2D eigenvalue weighted by molar-refractivity contribution is 0.183. The molecule has 2 aromatic rings. The van der Waals surface area contributed by atoms with Crippen molar-refractivity contribution >= 4 is 5.69 Å². The van der Waals surface area contributed by atoms with Gasteiger partial charge in [0.15, 0.2) is 0 Å². The van der Waals surface area contributed by atoms with Crippen molar-refractivity contribution in [3.63, 3.8) is 0 Å². The van der Waals surface area contributed by atoms with Crippen molar-refractivity contribution in [2.24, 2.45) is 0 Å².